The molecule has 5 nitrogen and oxygen atoms in total. The van der Waals surface area contributed by atoms with Crippen LogP contribution in [0.25, 0.3) is 0 Å². The Hall–Kier alpha value is -0.150. The molecule has 2 atom stereocenters. The maximum absolute atomic E-state index is 13.0. The fourth-order valence-electron chi connectivity index (χ4n) is 3.82. The smallest absolute Gasteiger partial charge is 0.157 e. The number of ether oxygens (including phenoxy) is 3. The molecule has 29 heavy (non-hydrogen) atoms. The molecule has 2 fully saturated rings. The van der Waals surface area contributed by atoms with Crippen molar-refractivity contribution in [2.24, 2.45) is 0 Å². The van der Waals surface area contributed by atoms with Gasteiger partial charge in [-0.1, -0.05) is 22.0 Å². The first-order valence-electron chi connectivity index (χ1n) is 10.6. The average Bonchev–Trinajstić information content (AvgIpc) is 2.71. The molecule has 0 saturated carbocycles. The minimum atomic E-state index is -1.17. The molecule has 2 aliphatic rings. The summed E-state index contributed by atoms with van der Waals surface area (Å²) in [5, 5.41) is 0. The summed E-state index contributed by atoms with van der Waals surface area (Å²) >= 11 is 2.48. The van der Waals surface area contributed by atoms with Gasteiger partial charge < -0.3 is 18.8 Å². The summed E-state index contributed by atoms with van der Waals surface area (Å²) in [5.74, 6) is 0.474. The Balaban J connectivity index is 1.83. The van der Waals surface area contributed by atoms with Crippen molar-refractivity contribution in [1.29, 1.82) is 0 Å². The summed E-state index contributed by atoms with van der Waals surface area (Å²) in [6, 6.07) is 6.49. The normalized spacial score (nSPS) is 21.8. The molecule has 1 aromatic rings. The fourth-order valence-corrected chi connectivity index (χ4v) is 5.05. The molecule has 0 amide bonds. The van der Waals surface area contributed by atoms with Gasteiger partial charge >= 0.3 is 0 Å². The van der Waals surface area contributed by atoms with E-state index in [1.54, 1.807) is 0 Å². The van der Waals surface area contributed by atoms with E-state index in [-0.39, 0.29) is 17.1 Å². The average molecular weight is 488 g/mol. The van der Waals surface area contributed by atoms with Gasteiger partial charge in [0.05, 0.1) is 19.3 Å². The van der Waals surface area contributed by atoms with Crippen LogP contribution in [0.3, 0.4) is 0 Å². The van der Waals surface area contributed by atoms with Gasteiger partial charge in [0.1, 0.15) is 4.75 Å². The van der Waals surface area contributed by atoms with E-state index >= 15 is 0 Å². The molecule has 0 bridgehead atoms. The Bertz CT molecular complexity index is 642. The van der Waals surface area contributed by atoms with Gasteiger partial charge in [0.15, 0.2) is 6.29 Å². The third kappa shape index (κ3) is 6.92. The summed E-state index contributed by atoms with van der Waals surface area (Å²) in [6.07, 6.45) is 4.41. The van der Waals surface area contributed by atoms with Crippen molar-refractivity contribution >= 4 is 27.3 Å². The highest BCUT2D eigenvalue weighted by molar-refractivity contribution is 9.10. The maximum atomic E-state index is 13.0. The predicted octanol–water partition coefficient (Wildman–Crippen LogP) is 4.98. The topological polar surface area (TPSA) is 62.8 Å². The van der Waals surface area contributed by atoms with Crippen LogP contribution >= 0.6 is 15.9 Å². The lowest BCUT2D eigenvalue weighted by atomic mass is 9.85. The molecule has 0 aliphatic carbocycles. The van der Waals surface area contributed by atoms with Crippen LogP contribution in [0.1, 0.15) is 76.0 Å². The molecule has 2 heterocycles. The van der Waals surface area contributed by atoms with Crippen LogP contribution in [-0.4, -0.2) is 42.0 Å². The van der Waals surface area contributed by atoms with Gasteiger partial charge in [-0.15, -0.1) is 4.72 Å². The van der Waals surface area contributed by atoms with Crippen molar-refractivity contribution in [3.8, 4) is 0 Å². The largest absolute Gasteiger partial charge is 0.598 e. The Morgan fingerprint density at radius 3 is 2.52 bits per heavy atom. The minimum absolute atomic E-state index is 0.0282. The van der Waals surface area contributed by atoms with Crippen LogP contribution in [0.4, 0.5) is 0 Å². The highest BCUT2D eigenvalue weighted by Gasteiger charge is 2.32. The molecule has 2 aliphatic heterocycles. The summed E-state index contributed by atoms with van der Waals surface area (Å²) in [5.41, 5.74) is 2.56. The predicted molar refractivity (Wildman–Crippen MR) is 120 cm³/mol. The Kier molecular flexibility index (Phi) is 8.87. The van der Waals surface area contributed by atoms with Crippen LogP contribution in [0, 0.1) is 0 Å². The summed E-state index contributed by atoms with van der Waals surface area (Å²) in [7, 11) is 0. The lowest BCUT2D eigenvalue weighted by Gasteiger charge is -2.32. The number of nitrogens with one attached hydrogen (secondary N) is 1. The second kappa shape index (κ2) is 10.9. The van der Waals surface area contributed by atoms with Gasteiger partial charge in [0.2, 0.25) is 0 Å². The number of hydrogen-bond acceptors (Lipinski definition) is 5. The standard InChI is InChI=1S/C22H34BrNO4S/c1-22(2,3)29(25)24-20(7-8-21-27-11-4-12-28-21)19-15-17(23)5-6-18(19)16-9-13-26-14-10-16/h5-6,15-16,20-21,24H,4,7-14H2,1-3H3/t20-,29?/m0/s1. The van der Waals surface area contributed by atoms with Crippen LogP contribution < -0.4 is 4.72 Å². The van der Waals surface area contributed by atoms with Gasteiger partial charge in [-0.2, -0.15) is 0 Å². The van der Waals surface area contributed by atoms with Crippen LogP contribution in [0.2, 0.25) is 0 Å². The number of benzene rings is 1. The number of halogens is 1. The third-order valence-electron chi connectivity index (χ3n) is 5.48. The van der Waals surface area contributed by atoms with E-state index in [0.29, 0.717) is 5.92 Å². The second-order valence-electron chi connectivity index (χ2n) is 8.81. The molecule has 0 radical (unpaired) electrons. The number of rotatable bonds is 7. The summed E-state index contributed by atoms with van der Waals surface area (Å²) in [6.45, 7) is 9.11. The lowest BCUT2D eigenvalue weighted by molar-refractivity contribution is -0.182. The van der Waals surface area contributed by atoms with Gasteiger partial charge in [-0.25, -0.2) is 0 Å². The van der Waals surface area contributed by atoms with Gasteiger partial charge in [0, 0.05) is 35.5 Å². The highest BCUT2D eigenvalue weighted by Crippen LogP contribution is 2.36. The van der Waals surface area contributed by atoms with Crippen LogP contribution in [-0.2, 0) is 25.6 Å². The molecule has 3 rings (SSSR count). The molecular formula is C22H34BrNO4S. The maximum Gasteiger partial charge on any atom is 0.157 e. The van der Waals surface area contributed by atoms with E-state index in [4.69, 9.17) is 14.2 Å². The van der Waals surface area contributed by atoms with Crippen molar-refractivity contribution in [3.63, 3.8) is 0 Å². The van der Waals surface area contributed by atoms with E-state index < -0.39 is 11.4 Å². The minimum Gasteiger partial charge on any atom is -0.598 e. The zero-order valence-electron chi connectivity index (χ0n) is 17.7. The SMILES string of the molecule is CC(C)(C)[S+]([O-])N[C@@H](CCC1OCCCO1)c1cc(Br)ccc1C1CCOCC1. The molecule has 1 unspecified atom stereocenters. The molecule has 0 spiro atoms. The third-order valence-corrected chi connectivity index (χ3v) is 7.58. The quantitative estimate of drug-likeness (QED) is 0.549. The van der Waals surface area contributed by atoms with Crippen molar-refractivity contribution in [2.75, 3.05) is 26.4 Å². The van der Waals surface area contributed by atoms with E-state index in [9.17, 15) is 4.55 Å². The number of hydrogen-bond donors (Lipinski definition) is 1. The van der Waals surface area contributed by atoms with Crippen molar-refractivity contribution in [2.45, 2.75) is 75.9 Å². The molecule has 0 aromatic heterocycles. The first kappa shape index (κ1) is 23.5. The van der Waals surface area contributed by atoms with E-state index in [0.717, 1.165) is 63.0 Å². The monoisotopic (exact) mass is 487 g/mol. The molecule has 164 valence electrons. The second-order valence-corrected chi connectivity index (χ2v) is 11.7. The Labute approximate surface area is 186 Å². The van der Waals surface area contributed by atoms with E-state index in [2.05, 4.69) is 38.9 Å². The summed E-state index contributed by atoms with van der Waals surface area (Å²) < 4.78 is 34.2. The van der Waals surface area contributed by atoms with Crippen LogP contribution in [0.15, 0.2) is 22.7 Å². The molecule has 1 aromatic carbocycles. The first-order chi connectivity index (χ1) is 13.8. The van der Waals surface area contributed by atoms with Crippen molar-refractivity contribution in [3.05, 3.63) is 33.8 Å². The highest BCUT2D eigenvalue weighted by atomic mass is 79.9. The summed E-state index contributed by atoms with van der Waals surface area (Å²) in [4.78, 5) is 0. The van der Waals surface area contributed by atoms with Gasteiger partial charge in [-0.05, 0) is 75.6 Å². The van der Waals surface area contributed by atoms with Crippen LogP contribution in [0.5, 0.6) is 0 Å². The van der Waals surface area contributed by atoms with Crippen molar-refractivity contribution in [1.82, 2.24) is 4.72 Å². The fraction of sp³-hybridized carbons (Fsp3) is 0.727. The van der Waals surface area contributed by atoms with Gasteiger partial charge in [-0.3, -0.25) is 0 Å². The zero-order chi connectivity index (χ0) is 20.9. The molecular weight excluding hydrogens is 454 g/mol. The van der Waals surface area contributed by atoms with E-state index in [1.807, 2.05) is 20.8 Å². The molecule has 2 saturated heterocycles. The van der Waals surface area contributed by atoms with Crippen molar-refractivity contribution < 1.29 is 18.8 Å². The zero-order valence-corrected chi connectivity index (χ0v) is 20.1. The first-order valence-corrected chi connectivity index (χ1v) is 12.6. The lowest BCUT2D eigenvalue weighted by Crippen LogP contribution is -2.42. The Morgan fingerprint density at radius 1 is 1.17 bits per heavy atom. The Morgan fingerprint density at radius 2 is 1.86 bits per heavy atom. The van der Waals surface area contributed by atoms with Gasteiger partial charge in [0.25, 0.3) is 0 Å². The molecule has 7 heteroatoms. The molecule has 1 N–H and O–H groups in total. The van der Waals surface area contributed by atoms with E-state index in [1.165, 1.54) is 11.1 Å².